The first-order chi connectivity index (χ1) is 16.5. The minimum absolute atomic E-state index is 0.0136. The fraction of sp³-hybridized carbons (Fsp3) is 0.875. The summed E-state index contributed by atoms with van der Waals surface area (Å²) in [7, 11) is 0. The maximum absolute atomic E-state index is 12.8. The van der Waals surface area contributed by atoms with E-state index in [4.69, 9.17) is 4.74 Å². The van der Waals surface area contributed by atoms with Crippen LogP contribution in [0.1, 0.15) is 120 Å². The van der Waals surface area contributed by atoms with Crippen molar-refractivity contribution < 1.29 is 19.4 Å². The predicted octanol–water partition coefficient (Wildman–Crippen LogP) is 7.80. The number of rotatable bonds is 2. The zero-order chi connectivity index (χ0) is 26.5. The highest BCUT2D eigenvalue weighted by molar-refractivity contribution is 5.77. The third-order valence-corrected chi connectivity index (χ3v) is 13.4. The number of hydrogen-bond acceptors (Lipinski definition) is 3. The van der Waals surface area contributed by atoms with Gasteiger partial charge in [0.15, 0.2) is 0 Å². The molecule has 0 aromatic heterocycles. The molecule has 4 heteroatoms. The van der Waals surface area contributed by atoms with Gasteiger partial charge in [0.2, 0.25) is 0 Å². The van der Waals surface area contributed by atoms with Gasteiger partial charge in [0.1, 0.15) is 11.5 Å². The number of fused-ring (bicyclic) bond motifs is 7. The van der Waals surface area contributed by atoms with Gasteiger partial charge in [0.05, 0.1) is 0 Å². The van der Waals surface area contributed by atoms with E-state index in [9.17, 15) is 14.7 Å². The van der Waals surface area contributed by atoms with E-state index in [1.807, 2.05) is 6.92 Å². The number of hydrogen-bond donors (Lipinski definition) is 1. The number of carboxylic acids is 1. The Morgan fingerprint density at radius 3 is 2.19 bits per heavy atom. The van der Waals surface area contributed by atoms with Crippen molar-refractivity contribution in [2.45, 2.75) is 126 Å². The lowest BCUT2D eigenvalue weighted by Crippen LogP contribution is -2.66. The van der Waals surface area contributed by atoms with Crippen LogP contribution in [0.5, 0.6) is 0 Å². The second-order valence-corrected chi connectivity index (χ2v) is 15.6. The molecule has 5 aliphatic rings. The Labute approximate surface area is 219 Å². The summed E-state index contributed by atoms with van der Waals surface area (Å²) in [4.78, 5) is 24.8. The van der Waals surface area contributed by atoms with Crippen LogP contribution >= 0.6 is 0 Å². The zero-order valence-corrected chi connectivity index (χ0v) is 24.1. The third-order valence-electron chi connectivity index (χ3n) is 13.4. The number of ether oxygens (including phenoxy) is 1. The molecule has 9 unspecified atom stereocenters. The van der Waals surface area contributed by atoms with E-state index >= 15 is 0 Å². The smallest absolute Gasteiger partial charge is 0.313 e. The third kappa shape index (κ3) is 3.30. The number of aliphatic carboxylic acids is 1. The van der Waals surface area contributed by atoms with Crippen molar-refractivity contribution in [2.75, 3.05) is 0 Å². The Morgan fingerprint density at radius 2 is 1.56 bits per heavy atom. The lowest BCUT2D eigenvalue weighted by molar-refractivity contribution is -0.222. The van der Waals surface area contributed by atoms with Gasteiger partial charge in [-0.25, -0.2) is 0 Å². The molecular formula is C32H50O4. The maximum Gasteiger partial charge on any atom is 0.313 e. The molecule has 0 radical (unpaired) electrons. The topological polar surface area (TPSA) is 63.6 Å². The highest BCUT2D eigenvalue weighted by atomic mass is 16.5. The van der Waals surface area contributed by atoms with Crippen molar-refractivity contribution >= 4 is 11.9 Å². The van der Waals surface area contributed by atoms with E-state index in [0.29, 0.717) is 29.1 Å². The Hall–Kier alpha value is -1.32. The standard InChI is InChI=1S/C32H50O4/c1-20(33)36-25-12-13-29(5)23-10-9-21-22-19-27(2,3)15-16-28(22,4)17-18-30(21,6)31(23,7)14-11-24(29)32(25,8)26(34)35/h9,22-25H,10-19H2,1-8H3,(H,34,35). The molecule has 5 rings (SSSR count). The lowest BCUT2D eigenvalue weighted by Gasteiger charge is -2.71. The first-order valence-electron chi connectivity index (χ1n) is 14.6. The van der Waals surface area contributed by atoms with Crippen molar-refractivity contribution in [1.29, 1.82) is 0 Å². The molecule has 4 nitrogen and oxygen atoms in total. The van der Waals surface area contributed by atoms with Crippen molar-refractivity contribution in [2.24, 2.45) is 50.2 Å². The number of carbonyl (C=O) groups is 2. The van der Waals surface area contributed by atoms with Gasteiger partial charge in [-0.3, -0.25) is 9.59 Å². The number of carboxylic acid groups (broad SMARTS) is 1. The van der Waals surface area contributed by atoms with Crippen LogP contribution in [0.4, 0.5) is 0 Å². The summed E-state index contributed by atoms with van der Waals surface area (Å²) < 4.78 is 5.69. The van der Waals surface area contributed by atoms with Gasteiger partial charge in [0.25, 0.3) is 0 Å². The molecule has 0 spiro atoms. The zero-order valence-electron chi connectivity index (χ0n) is 24.1. The molecule has 0 aliphatic heterocycles. The van der Waals surface area contributed by atoms with Gasteiger partial charge in [-0.05, 0) is 116 Å². The molecule has 0 saturated heterocycles. The summed E-state index contributed by atoms with van der Waals surface area (Å²) in [6.45, 7) is 18.3. The second-order valence-electron chi connectivity index (χ2n) is 15.6. The van der Waals surface area contributed by atoms with E-state index in [-0.39, 0.29) is 28.1 Å². The fourth-order valence-corrected chi connectivity index (χ4v) is 10.9. The quantitative estimate of drug-likeness (QED) is 0.311. The van der Waals surface area contributed by atoms with Gasteiger partial charge in [-0.2, -0.15) is 0 Å². The molecule has 202 valence electrons. The van der Waals surface area contributed by atoms with Crippen molar-refractivity contribution in [3.8, 4) is 0 Å². The minimum Gasteiger partial charge on any atom is -0.481 e. The monoisotopic (exact) mass is 498 g/mol. The fourth-order valence-electron chi connectivity index (χ4n) is 10.9. The average Bonchev–Trinajstić information content (AvgIpc) is 2.77. The Balaban J connectivity index is 1.56. The molecule has 0 aromatic carbocycles. The predicted molar refractivity (Wildman–Crippen MR) is 142 cm³/mol. The van der Waals surface area contributed by atoms with Crippen molar-refractivity contribution in [1.82, 2.24) is 0 Å². The van der Waals surface area contributed by atoms with Crippen LogP contribution in [0, 0.1) is 50.2 Å². The molecule has 5 aliphatic carbocycles. The molecule has 1 N–H and O–H groups in total. The molecule has 0 heterocycles. The van der Waals surface area contributed by atoms with Crippen LogP contribution in [0.25, 0.3) is 0 Å². The molecular weight excluding hydrogens is 448 g/mol. The maximum atomic E-state index is 12.8. The molecule has 0 bridgehead atoms. The normalized spacial score (nSPS) is 51.5. The van der Waals surface area contributed by atoms with Gasteiger partial charge in [0, 0.05) is 6.92 Å². The van der Waals surface area contributed by atoms with Crippen LogP contribution in [0.2, 0.25) is 0 Å². The van der Waals surface area contributed by atoms with Crippen LogP contribution < -0.4 is 0 Å². The van der Waals surface area contributed by atoms with Crippen LogP contribution in [0.3, 0.4) is 0 Å². The molecule has 0 amide bonds. The van der Waals surface area contributed by atoms with Crippen LogP contribution in [0.15, 0.2) is 11.6 Å². The summed E-state index contributed by atoms with van der Waals surface area (Å²) >= 11 is 0. The number of carbonyl (C=O) groups excluding carboxylic acids is 1. The van der Waals surface area contributed by atoms with Crippen molar-refractivity contribution in [3.05, 3.63) is 11.6 Å². The van der Waals surface area contributed by atoms with Gasteiger partial charge >= 0.3 is 11.9 Å². The molecule has 9 atom stereocenters. The number of allylic oxidation sites excluding steroid dienone is 2. The van der Waals surface area contributed by atoms with Gasteiger partial charge in [-0.15, -0.1) is 0 Å². The Kier molecular flexibility index (Phi) is 5.74. The Morgan fingerprint density at radius 1 is 0.889 bits per heavy atom. The molecule has 4 fully saturated rings. The average molecular weight is 499 g/mol. The van der Waals surface area contributed by atoms with E-state index in [1.165, 1.54) is 39.0 Å². The first kappa shape index (κ1) is 26.3. The minimum atomic E-state index is -1.04. The van der Waals surface area contributed by atoms with Gasteiger partial charge < -0.3 is 9.84 Å². The molecule has 36 heavy (non-hydrogen) atoms. The highest BCUT2D eigenvalue weighted by Crippen LogP contribution is 2.75. The highest BCUT2D eigenvalue weighted by Gasteiger charge is 2.70. The van der Waals surface area contributed by atoms with Crippen molar-refractivity contribution in [3.63, 3.8) is 0 Å². The largest absolute Gasteiger partial charge is 0.481 e. The Bertz CT molecular complexity index is 996. The van der Waals surface area contributed by atoms with Crippen LogP contribution in [-0.2, 0) is 14.3 Å². The van der Waals surface area contributed by atoms with E-state index in [2.05, 4.69) is 47.6 Å². The summed E-state index contributed by atoms with van der Waals surface area (Å²) in [5, 5.41) is 10.5. The number of esters is 1. The first-order valence-corrected chi connectivity index (χ1v) is 14.6. The lowest BCUT2D eigenvalue weighted by atomic mass is 9.33. The molecule has 0 aromatic rings. The second kappa shape index (κ2) is 7.85. The molecule has 4 saturated carbocycles. The van der Waals surface area contributed by atoms with Gasteiger partial charge in [-0.1, -0.05) is 53.2 Å². The summed E-state index contributed by atoms with van der Waals surface area (Å²) in [6.07, 6.45) is 13.3. The summed E-state index contributed by atoms with van der Waals surface area (Å²) in [6, 6.07) is 0. The SMILES string of the molecule is CC(=O)OC1CCC2(C)C(CCC3(C)C2CC=C2C4CC(C)(C)CCC4(C)CCC23C)C1(C)C(=O)O. The van der Waals surface area contributed by atoms with E-state index in [1.54, 1.807) is 5.57 Å². The van der Waals surface area contributed by atoms with Crippen LogP contribution in [-0.4, -0.2) is 23.1 Å². The summed E-state index contributed by atoms with van der Waals surface area (Å²) in [5.74, 6) is -0.0260. The summed E-state index contributed by atoms with van der Waals surface area (Å²) in [5.41, 5.74) is 1.81. The van der Waals surface area contributed by atoms with E-state index < -0.39 is 17.5 Å². The van der Waals surface area contributed by atoms with E-state index in [0.717, 1.165) is 25.7 Å².